The number of hydrogen-bond acceptors (Lipinski definition) is 3. The highest BCUT2D eigenvalue weighted by Gasteiger charge is 2.26. The third-order valence-corrected chi connectivity index (χ3v) is 4.69. The zero-order chi connectivity index (χ0) is 16.0. The molecule has 0 spiro atoms. The highest BCUT2D eigenvalue weighted by atomic mass is 16.6. The van der Waals surface area contributed by atoms with Crippen LogP contribution in [-0.2, 0) is 9.53 Å². The molecule has 0 saturated carbocycles. The summed E-state index contributed by atoms with van der Waals surface area (Å²) in [4.78, 5) is 11.0. The first kappa shape index (κ1) is 19.5. The van der Waals surface area contributed by atoms with Crippen LogP contribution in [0.25, 0.3) is 0 Å². The first-order valence-electron chi connectivity index (χ1n) is 9.56. The van der Waals surface area contributed by atoms with Gasteiger partial charge < -0.3 is 14.6 Å². The molecule has 0 aliphatic carbocycles. The molecule has 1 fully saturated rings. The SMILES string of the molecule is CCCCCCCCCCCCCCC(CC1CO1)C(=O)[O-]. The fraction of sp³-hybridized carbons (Fsp3) is 0.947. The van der Waals surface area contributed by atoms with E-state index in [1.165, 1.54) is 64.2 Å². The number of hydrogen-bond donors (Lipinski definition) is 0. The van der Waals surface area contributed by atoms with Crippen molar-refractivity contribution in [2.75, 3.05) is 6.61 Å². The minimum atomic E-state index is -0.890. The van der Waals surface area contributed by atoms with Crippen LogP contribution in [0, 0.1) is 5.92 Å². The molecule has 0 aromatic rings. The van der Waals surface area contributed by atoms with E-state index in [4.69, 9.17) is 4.74 Å². The van der Waals surface area contributed by atoms with Crippen molar-refractivity contribution in [2.24, 2.45) is 5.92 Å². The van der Waals surface area contributed by atoms with Gasteiger partial charge in [-0.15, -0.1) is 0 Å². The Balaban J connectivity index is 1.81. The van der Waals surface area contributed by atoms with Gasteiger partial charge in [-0.3, -0.25) is 0 Å². The van der Waals surface area contributed by atoms with Gasteiger partial charge in [-0.2, -0.15) is 0 Å². The van der Waals surface area contributed by atoms with Crippen molar-refractivity contribution in [1.82, 2.24) is 0 Å². The lowest BCUT2D eigenvalue weighted by Gasteiger charge is -2.16. The molecule has 1 rings (SSSR count). The van der Waals surface area contributed by atoms with E-state index in [2.05, 4.69) is 6.92 Å². The van der Waals surface area contributed by atoms with Crippen LogP contribution in [0.15, 0.2) is 0 Å². The summed E-state index contributed by atoms with van der Waals surface area (Å²) in [5, 5.41) is 11.0. The Labute approximate surface area is 136 Å². The third kappa shape index (κ3) is 11.1. The number of carbonyl (C=O) groups is 1. The largest absolute Gasteiger partial charge is 0.550 e. The molecular weight excluding hydrogens is 276 g/mol. The zero-order valence-electron chi connectivity index (χ0n) is 14.5. The van der Waals surface area contributed by atoms with E-state index >= 15 is 0 Å². The second-order valence-corrected chi connectivity index (χ2v) is 6.88. The van der Waals surface area contributed by atoms with E-state index in [0.29, 0.717) is 6.42 Å². The number of epoxide rings is 1. The Hall–Kier alpha value is -0.570. The van der Waals surface area contributed by atoms with Gasteiger partial charge in [0.1, 0.15) is 0 Å². The molecule has 1 aliphatic rings. The van der Waals surface area contributed by atoms with Gasteiger partial charge in [0.05, 0.1) is 12.7 Å². The van der Waals surface area contributed by atoms with Crippen molar-refractivity contribution in [1.29, 1.82) is 0 Å². The highest BCUT2D eigenvalue weighted by molar-refractivity contribution is 5.67. The average molecular weight is 311 g/mol. The monoisotopic (exact) mass is 311 g/mol. The maximum atomic E-state index is 11.0. The maximum absolute atomic E-state index is 11.0. The van der Waals surface area contributed by atoms with Gasteiger partial charge in [-0.05, 0) is 12.8 Å². The zero-order valence-corrected chi connectivity index (χ0v) is 14.5. The van der Waals surface area contributed by atoms with Crippen LogP contribution >= 0.6 is 0 Å². The predicted octanol–water partition coefficient (Wildman–Crippen LogP) is 4.23. The Kier molecular flexibility index (Phi) is 11.4. The lowest BCUT2D eigenvalue weighted by atomic mass is 9.96. The van der Waals surface area contributed by atoms with Crippen molar-refractivity contribution >= 4 is 5.97 Å². The Morgan fingerprint density at radius 2 is 1.41 bits per heavy atom. The average Bonchev–Trinajstić information content (AvgIpc) is 3.31. The van der Waals surface area contributed by atoms with Crippen LogP contribution in [0.5, 0.6) is 0 Å². The first-order valence-corrected chi connectivity index (χ1v) is 9.56. The number of carboxylic acids is 1. The van der Waals surface area contributed by atoms with Crippen LogP contribution in [0.3, 0.4) is 0 Å². The topological polar surface area (TPSA) is 52.7 Å². The van der Waals surface area contributed by atoms with E-state index in [-0.39, 0.29) is 12.0 Å². The number of carbonyl (C=O) groups excluding carboxylic acids is 1. The van der Waals surface area contributed by atoms with Gasteiger partial charge in [0.15, 0.2) is 0 Å². The van der Waals surface area contributed by atoms with E-state index in [0.717, 1.165) is 25.9 Å². The fourth-order valence-corrected chi connectivity index (χ4v) is 3.09. The van der Waals surface area contributed by atoms with E-state index < -0.39 is 5.97 Å². The van der Waals surface area contributed by atoms with E-state index in [9.17, 15) is 9.90 Å². The maximum Gasteiger partial charge on any atom is 0.0816 e. The van der Waals surface area contributed by atoms with Crippen molar-refractivity contribution in [3.63, 3.8) is 0 Å². The van der Waals surface area contributed by atoms with Crippen LogP contribution < -0.4 is 5.11 Å². The molecule has 0 amide bonds. The molecule has 1 aliphatic heterocycles. The van der Waals surface area contributed by atoms with Crippen molar-refractivity contribution < 1.29 is 14.6 Å². The lowest BCUT2D eigenvalue weighted by Crippen LogP contribution is -2.32. The van der Waals surface area contributed by atoms with E-state index in [1.54, 1.807) is 0 Å². The summed E-state index contributed by atoms with van der Waals surface area (Å²) in [6, 6.07) is 0. The van der Waals surface area contributed by atoms with Crippen LogP contribution in [0.4, 0.5) is 0 Å². The quantitative estimate of drug-likeness (QED) is 0.316. The first-order chi connectivity index (χ1) is 10.7. The summed E-state index contributed by atoms with van der Waals surface area (Å²) in [5.41, 5.74) is 0. The molecule has 130 valence electrons. The second kappa shape index (κ2) is 12.9. The number of unbranched alkanes of at least 4 members (excludes halogenated alkanes) is 11. The van der Waals surface area contributed by atoms with Crippen molar-refractivity contribution in [2.45, 2.75) is 103 Å². The molecule has 0 N–H and O–H groups in total. The molecule has 1 saturated heterocycles. The summed E-state index contributed by atoms with van der Waals surface area (Å²) >= 11 is 0. The molecule has 0 radical (unpaired) electrons. The van der Waals surface area contributed by atoms with Crippen molar-refractivity contribution in [3.05, 3.63) is 0 Å². The summed E-state index contributed by atoms with van der Waals surface area (Å²) in [5.74, 6) is -1.19. The highest BCUT2D eigenvalue weighted by Crippen LogP contribution is 2.23. The Bertz CT molecular complexity index is 274. The number of aliphatic carboxylic acids is 1. The third-order valence-electron chi connectivity index (χ3n) is 4.69. The van der Waals surface area contributed by atoms with Crippen LogP contribution in [0.1, 0.15) is 96.8 Å². The molecule has 1 heterocycles. The smallest absolute Gasteiger partial charge is 0.0816 e. The minimum absolute atomic E-state index is 0.195. The standard InChI is InChI=1S/C19H36O3/c1-2-3-4-5-6-7-8-9-10-11-12-13-14-17(19(20)21)15-18-16-22-18/h17-18H,2-16H2,1H3,(H,20,21)/p-1. The van der Waals surface area contributed by atoms with Gasteiger partial charge in [-0.25, -0.2) is 0 Å². The molecule has 0 bridgehead atoms. The van der Waals surface area contributed by atoms with Gasteiger partial charge in [0, 0.05) is 11.9 Å². The summed E-state index contributed by atoms with van der Waals surface area (Å²) in [6.45, 7) is 3.00. The number of carboxylic acid groups (broad SMARTS) is 1. The normalized spacial score (nSPS) is 18.3. The van der Waals surface area contributed by atoms with Gasteiger partial charge >= 0.3 is 0 Å². The van der Waals surface area contributed by atoms with E-state index in [1.807, 2.05) is 0 Å². The molecule has 3 nitrogen and oxygen atoms in total. The minimum Gasteiger partial charge on any atom is -0.550 e. The molecule has 2 atom stereocenters. The Morgan fingerprint density at radius 3 is 1.82 bits per heavy atom. The molecule has 22 heavy (non-hydrogen) atoms. The molecule has 3 heteroatoms. The number of ether oxygens (including phenoxy) is 1. The lowest BCUT2D eigenvalue weighted by molar-refractivity contribution is -0.312. The van der Waals surface area contributed by atoms with Gasteiger partial charge in [-0.1, -0.05) is 84.0 Å². The van der Waals surface area contributed by atoms with Crippen molar-refractivity contribution in [3.8, 4) is 0 Å². The summed E-state index contributed by atoms with van der Waals surface area (Å²) in [6.07, 6.45) is 17.4. The molecular formula is C19H35O3-. The number of rotatable bonds is 16. The summed E-state index contributed by atoms with van der Waals surface area (Å²) in [7, 11) is 0. The van der Waals surface area contributed by atoms with Crippen LogP contribution in [-0.4, -0.2) is 18.7 Å². The van der Waals surface area contributed by atoms with Gasteiger partial charge in [0.2, 0.25) is 0 Å². The molecule has 2 unspecified atom stereocenters. The van der Waals surface area contributed by atoms with Crippen LogP contribution in [0.2, 0.25) is 0 Å². The predicted molar refractivity (Wildman–Crippen MR) is 88.5 cm³/mol. The molecule has 0 aromatic carbocycles. The molecule has 0 aromatic heterocycles. The fourth-order valence-electron chi connectivity index (χ4n) is 3.09. The second-order valence-electron chi connectivity index (χ2n) is 6.88. The summed E-state index contributed by atoms with van der Waals surface area (Å²) < 4.78 is 5.11. The van der Waals surface area contributed by atoms with Gasteiger partial charge in [0.25, 0.3) is 0 Å². The Morgan fingerprint density at radius 1 is 0.955 bits per heavy atom.